The Labute approximate surface area is 104 Å². The molecule has 18 heavy (non-hydrogen) atoms. The third-order valence-corrected chi connectivity index (χ3v) is 3.45. The van der Waals surface area contributed by atoms with Crippen molar-refractivity contribution in [3.05, 3.63) is 28.7 Å². The summed E-state index contributed by atoms with van der Waals surface area (Å²) in [5.74, 6) is -1.11. The highest BCUT2D eigenvalue weighted by molar-refractivity contribution is 7.92. The average molecular weight is 270 g/mol. The van der Waals surface area contributed by atoms with Crippen LogP contribution in [0.2, 0.25) is 0 Å². The Bertz CT molecular complexity index is 629. The molecule has 1 aromatic carbocycles. The number of phenolic OH excluding ortho intramolecular Hbond substituents is 1. The summed E-state index contributed by atoms with van der Waals surface area (Å²) in [6.07, 6.45) is 1.16. The van der Waals surface area contributed by atoms with Crippen LogP contribution in [0.25, 0.3) is 6.08 Å². The van der Waals surface area contributed by atoms with E-state index in [0.29, 0.717) is 5.56 Å². The molecule has 1 heterocycles. The predicted molar refractivity (Wildman–Crippen MR) is 62.3 cm³/mol. The molecule has 1 aliphatic rings. The molecule has 6 nitrogen and oxygen atoms in total. The van der Waals surface area contributed by atoms with Crippen molar-refractivity contribution >= 4 is 22.2 Å². The Kier molecular flexibility index (Phi) is 3.00. The molecule has 0 saturated heterocycles. The van der Waals surface area contributed by atoms with Gasteiger partial charge in [-0.3, -0.25) is 0 Å². The summed E-state index contributed by atoms with van der Waals surface area (Å²) in [6.45, 7) is 1.63. The van der Waals surface area contributed by atoms with E-state index in [1.807, 2.05) is 0 Å². The first-order chi connectivity index (χ1) is 8.44. The lowest BCUT2D eigenvalue weighted by atomic mass is 10.2. The molecular formula is C11H10O6S. The van der Waals surface area contributed by atoms with Gasteiger partial charge >= 0.3 is 16.1 Å². The van der Waals surface area contributed by atoms with Crippen molar-refractivity contribution in [1.82, 2.24) is 0 Å². The molecule has 0 aromatic heterocycles. The van der Waals surface area contributed by atoms with E-state index >= 15 is 0 Å². The Morgan fingerprint density at radius 1 is 1.44 bits per heavy atom. The third kappa shape index (κ3) is 2.17. The molecule has 0 radical (unpaired) electrons. The minimum Gasteiger partial charge on any atom is -0.508 e. The Morgan fingerprint density at radius 2 is 2.17 bits per heavy atom. The average Bonchev–Trinajstić information content (AvgIpc) is 2.26. The first-order valence-electron chi connectivity index (χ1n) is 5.10. The normalized spacial score (nSPS) is 16.2. The van der Waals surface area contributed by atoms with Crippen LogP contribution in [0, 0.1) is 0 Å². The first-order valence-corrected chi connectivity index (χ1v) is 6.51. The molecule has 0 aliphatic carbocycles. The van der Waals surface area contributed by atoms with Crippen molar-refractivity contribution in [2.24, 2.45) is 0 Å². The van der Waals surface area contributed by atoms with Gasteiger partial charge in [-0.25, -0.2) is 4.79 Å². The molecule has 7 heteroatoms. The van der Waals surface area contributed by atoms with Crippen molar-refractivity contribution in [2.75, 3.05) is 6.61 Å². The SMILES string of the molecule is CCOC(=O)C1=Cc2ccc(O)cc2OS1(=O)=O. The lowest BCUT2D eigenvalue weighted by Gasteiger charge is -2.16. The van der Waals surface area contributed by atoms with Crippen LogP contribution in [0.15, 0.2) is 23.1 Å². The van der Waals surface area contributed by atoms with Crippen LogP contribution in [-0.4, -0.2) is 26.1 Å². The van der Waals surface area contributed by atoms with E-state index in [1.54, 1.807) is 6.92 Å². The van der Waals surface area contributed by atoms with Gasteiger partial charge in [0.15, 0.2) is 10.7 Å². The maximum Gasteiger partial charge on any atom is 0.353 e. The quantitative estimate of drug-likeness (QED) is 0.637. The van der Waals surface area contributed by atoms with Crippen LogP contribution >= 0.6 is 0 Å². The molecular weight excluding hydrogens is 260 g/mol. The second kappa shape index (κ2) is 4.34. The highest BCUT2D eigenvalue weighted by atomic mass is 32.2. The number of hydrogen-bond acceptors (Lipinski definition) is 6. The van der Waals surface area contributed by atoms with E-state index in [0.717, 1.165) is 12.1 Å². The topological polar surface area (TPSA) is 89.9 Å². The zero-order valence-corrected chi connectivity index (χ0v) is 10.2. The molecule has 0 fully saturated rings. The Morgan fingerprint density at radius 3 is 2.83 bits per heavy atom. The predicted octanol–water partition coefficient (Wildman–Crippen LogP) is 1.02. The largest absolute Gasteiger partial charge is 0.508 e. The summed E-state index contributed by atoms with van der Waals surface area (Å²) in [5, 5.41) is 9.23. The van der Waals surface area contributed by atoms with Crippen molar-refractivity contribution in [3.63, 3.8) is 0 Å². The molecule has 0 amide bonds. The fourth-order valence-corrected chi connectivity index (χ4v) is 2.46. The van der Waals surface area contributed by atoms with Gasteiger partial charge in [-0.1, -0.05) is 0 Å². The van der Waals surface area contributed by atoms with Gasteiger partial charge in [-0.2, -0.15) is 8.42 Å². The van der Waals surface area contributed by atoms with Crippen LogP contribution < -0.4 is 4.18 Å². The molecule has 2 rings (SSSR count). The van der Waals surface area contributed by atoms with Crippen LogP contribution in [0.1, 0.15) is 12.5 Å². The molecule has 0 atom stereocenters. The van der Waals surface area contributed by atoms with Gasteiger partial charge in [-0.05, 0) is 25.1 Å². The second-order valence-corrected chi connectivity index (χ2v) is 5.00. The number of rotatable bonds is 2. The molecule has 1 N–H and O–H groups in total. The maximum atomic E-state index is 11.7. The van der Waals surface area contributed by atoms with E-state index in [-0.39, 0.29) is 18.1 Å². The highest BCUT2D eigenvalue weighted by Gasteiger charge is 2.33. The van der Waals surface area contributed by atoms with Gasteiger partial charge < -0.3 is 14.0 Å². The van der Waals surface area contributed by atoms with Gasteiger partial charge in [0.05, 0.1) is 6.61 Å². The second-order valence-electron chi connectivity index (χ2n) is 3.49. The van der Waals surface area contributed by atoms with E-state index in [2.05, 4.69) is 4.74 Å². The van der Waals surface area contributed by atoms with E-state index in [9.17, 15) is 18.3 Å². The number of aromatic hydroxyl groups is 1. The molecule has 0 saturated carbocycles. The van der Waals surface area contributed by atoms with Crippen molar-refractivity contribution in [2.45, 2.75) is 6.92 Å². The van der Waals surface area contributed by atoms with E-state index < -0.39 is 21.0 Å². The first kappa shape index (κ1) is 12.4. The number of benzene rings is 1. The fourth-order valence-electron chi connectivity index (χ4n) is 1.45. The van der Waals surface area contributed by atoms with Crippen LogP contribution in [0.3, 0.4) is 0 Å². The van der Waals surface area contributed by atoms with E-state index in [4.69, 9.17) is 4.18 Å². The fraction of sp³-hybridized carbons (Fsp3) is 0.182. The summed E-state index contributed by atoms with van der Waals surface area (Å²) < 4.78 is 32.8. The molecule has 0 bridgehead atoms. The number of fused-ring (bicyclic) bond motifs is 1. The summed E-state index contributed by atoms with van der Waals surface area (Å²) >= 11 is 0. The lowest BCUT2D eigenvalue weighted by Crippen LogP contribution is -2.23. The smallest absolute Gasteiger partial charge is 0.353 e. The van der Waals surface area contributed by atoms with Gasteiger partial charge in [0, 0.05) is 11.6 Å². The van der Waals surface area contributed by atoms with Crippen molar-refractivity contribution in [3.8, 4) is 11.5 Å². The highest BCUT2D eigenvalue weighted by Crippen LogP contribution is 2.33. The number of carbonyl (C=O) groups is 1. The maximum absolute atomic E-state index is 11.7. The Hall–Kier alpha value is -2.02. The zero-order valence-electron chi connectivity index (χ0n) is 9.41. The molecule has 0 spiro atoms. The number of hydrogen-bond donors (Lipinski definition) is 1. The minimum atomic E-state index is -4.20. The number of ether oxygens (including phenoxy) is 1. The van der Waals surface area contributed by atoms with Gasteiger partial charge in [0.2, 0.25) is 0 Å². The summed E-state index contributed by atoms with van der Waals surface area (Å²) in [4.78, 5) is 10.9. The van der Waals surface area contributed by atoms with E-state index in [1.165, 1.54) is 12.1 Å². The van der Waals surface area contributed by atoms with Gasteiger partial charge in [-0.15, -0.1) is 0 Å². The summed E-state index contributed by atoms with van der Waals surface area (Å²) in [6, 6.07) is 3.96. The van der Waals surface area contributed by atoms with Crippen molar-refractivity contribution < 1.29 is 27.2 Å². The third-order valence-electron chi connectivity index (χ3n) is 2.23. The molecule has 96 valence electrons. The molecule has 1 aliphatic heterocycles. The molecule has 0 unspecified atom stereocenters. The lowest BCUT2D eigenvalue weighted by molar-refractivity contribution is -0.137. The Balaban J connectivity index is 2.53. The minimum absolute atomic E-state index is 0.0250. The van der Waals surface area contributed by atoms with Gasteiger partial charge in [0.1, 0.15) is 5.75 Å². The number of esters is 1. The summed E-state index contributed by atoms with van der Waals surface area (Å²) in [7, 11) is -4.20. The molecule has 1 aromatic rings. The monoisotopic (exact) mass is 270 g/mol. The van der Waals surface area contributed by atoms with Crippen LogP contribution in [0.4, 0.5) is 0 Å². The number of carbonyl (C=O) groups excluding carboxylic acids is 1. The van der Waals surface area contributed by atoms with Crippen molar-refractivity contribution in [1.29, 1.82) is 0 Å². The van der Waals surface area contributed by atoms with Crippen LogP contribution in [-0.2, 0) is 19.6 Å². The zero-order chi connectivity index (χ0) is 13.3. The number of phenols is 1. The van der Waals surface area contributed by atoms with Gasteiger partial charge in [0.25, 0.3) is 0 Å². The summed E-state index contributed by atoms with van der Waals surface area (Å²) in [5.41, 5.74) is 0.380. The van der Waals surface area contributed by atoms with Crippen LogP contribution in [0.5, 0.6) is 11.5 Å². The standard InChI is InChI=1S/C11H10O6S/c1-2-16-11(13)10-5-7-3-4-8(12)6-9(7)17-18(10,14)15/h3-6,12H,2H2,1H3.